The second kappa shape index (κ2) is 18.0. The third-order valence-electron chi connectivity index (χ3n) is 5.77. The number of hydrogen-bond donors (Lipinski definition) is 1. The van der Waals surface area contributed by atoms with Crippen LogP contribution in [0.2, 0.25) is 0 Å². The number of hydrogen-bond acceptors (Lipinski definition) is 4. The van der Waals surface area contributed by atoms with Crippen LogP contribution in [0.4, 0.5) is 14.6 Å². The number of carbonyl (C=O) groups is 1. The summed E-state index contributed by atoms with van der Waals surface area (Å²) in [6.07, 6.45) is 30.2. The fourth-order valence-electron chi connectivity index (χ4n) is 3.84. The van der Waals surface area contributed by atoms with Crippen LogP contribution in [-0.2, 0) is 9.53 Å². The molecule has 1 saturated heterocycles. The predicted octanol–water partition coefficient (Wildman–Crippen LogP) is 7.60. The number of nitrogens with zero attached hydrogens (tertiary/aromatic N) is 2. The van der Waals surface area contributed by atoms with E-state index in [1.807, 2.05) is 12.2 Å². The predicted molar refractivity (Wildman–Crippen MR) is 154 cm³/mol. The molecule has 0 radical (unpaired) electrons. The summed E-state index contributed by atoms with van der Waals surface area (Å²) in [5.74, 6) is -3.44. The van der Waals surface area contributed by atoms with E-state index in [1.54, 1.807) is 0 Å². The molecule has 0 saturated carbocycles. The Bertz CT molecular complexity index is 1120. The molecule has 2 rings (SSSR count). The summed E-state index contributed by atoms with van der Waals surface area (Å²) < 4.78 is 34.0. The molecule has 1 amide bonds. The van der Waals surface area contributed by atoms with Crippen molar-refractivity contribution in [1.29, 1.82) is 0 Å². The normalized spacial score (nSPS) is 19.7. The van der Waals surface area contributed by atoms with Gasteiger partial charge in [-0.25, -0.2) is 13.6 Å². The van der Waals surface area contributed by atoms with E-state index in [0.717, 1.165) is 43.1 Å². The van der Waals surface area contributed by atoms with Crippen LogP contribution in [0.1, 0.15) is 77.9 Å². The molecule has 0 bridgehead atoms. The lowest BCUT2D eigenvalue weighted by Crippen LogP contribution is -2.35. The van der Waals surface area contributed by atoms with E-state index in [9.17, 15) is 18.4 Å². The number of amides is 1. The lowest BCUT2D eigenvalue weighted by molar-refractivity contribution is -0.116. The van der Waals surface area contributed by atoms with Gasteiger partial charge in [0.15, 0.2) is 0 Å². The molecule has 0 aromatic carbocycles. The van der Waals surface area contributed by atoms with Gasteiger partial charge >= 0.3 is 5.69 Å². The van der Waals surface area contributed by atoms with Crippen LogP contribution in [0, 0.1) is 0 Å². The van der Waals surface area contributed by atoms with Gasteiger partial charge in [0, 0.05) is 19.0 Å². The van der Waals surface area contributed by atoms with Gasteiger partial charge in [0.2, 0.25) is 12.1 Å². The van der Waals surface area contributed by atoms with Crippen molar-refractivity contribution in [3.8, 4) is 0 Å². The SMILES string of the molecule is CC/C=C\C/C=C\C/C=C\C/C=C\C/C=C\C/C=C\CCC(=O)Nc1ccn(C2OC(C)CC2(F)F)c(=O)n1. The van der Waals surface area contributed by atoms with E-state index >= 15 is 0 Å². The topological polar surface area (TPSA) is 73.2 Å². The average molecular weight is 542 g/mol. The summed E-state index contributed by atoms with van der Waals surface area (Å²) in [4.78, 5) is 28.0. The van der Waals surface area contributed by atoms with Crippen LogP contribution < -0.4 is 11.0 Å². The molecule has 39 heavy (non-hydrogen) atoms. The molecule has 1 N–H and O–H groups in total. The molecule has 2 atom stereocenters. The fraction of sp³-hybridized carbons (Fsp3) is 0.452. The van der Waals surface area contributed by atoms with Gasteiger partial charge in [0.05, 0.1) is 6.10 Å². The van der Waals surface area contributed by atoms with Crippen LogP contribution in [-0.4, -0.2) is 27.5 Å². The van der Waals surface area contributed by atoms with Gasteiger partial charge in [-0.2, -0.15) is 4.98 Å². The Morgan fingerprint density at radius 2 is 1.49 bits per heavy atom. The van der Waals surface area contributed by atoms with Crippen molar-refractivity contribution in [3.63, 3.8) is 0 Å². The van der Waals surface area contributed by atoms with Gasteiger partial charge in [0.1, 0.15) is 5.82 Å². The van der Waals surface area contributed by atoms with Crippen LogP contribution in [0.25, 0.3) is 0 Å². The van der Waals surface area contributed by atoms with Crippen molar-refractivity contribution in [2.75, 3.05) is 5.32 Å². The van der Waals surface area contributed by atoms with Gasteiger partial charge in [-0.3, -0.25) is 9.36 Å². The molecule has 2 unspecified atom stereocenters. The number of ether oxygens (including phenoxy) is 1. The largest absolute Gasteiger partial charge is 0.351 e. The molecule has 6 nitrogen and oxygen atoms in total. The van der Waals surface area contributed by atoms with Gasteiger partial charge in [-0.1, -0.05) is 79.8 Å². The number of alkyl halides is 2. The lowest BCUT2D eigenvalue weighted by atomic mass is 10.2. The highest BCUT2D eigenvalue weighted by molar-refractivity contribution is 5.89. The first kappa shape index (κ1) is 31.8. The van der Waals surface area contributed by atoms with Crippen LogP contribution in [0.5, 0.6) is 0 Å². The van der Waals surface area contributed by atoms with E-state index in [2.05, 4.69) is 78.0 Å². The first-order valence-corrected chi connectivity index (χ1v) is 13.7. The average Bonchev–Trinajstić information content (AvgIpc) is 3.16. The fourth-order valence-corrected chi connectivity index (χ4v) is 3.84. The second-order valence-corrected chi connectivity index (χ2v) is 9.27. The molecule has 1 fully saturated rings. The zero-order valence-electron chi connectivity index (χ0n) is 23.0. The lowest BCUT2D eigenvalue weighted by Gasteiger charge is -2.19. The van der Waals surface area contributed by atoms with E-state index in [0.29, 0.717) is 6.42 Å². The molecule has 8 heteroatoms. The minimum atomic E-state index is -3.16. The highest BCUT2D eigenvalue weighted by Crippen LogP contribution is 2.41. The Morgan fingerprint density at radius 1 is 0.974 bits per heavy atom. The summed E-state index contributed by atoms with van der Waals surface area (Å²) in [7, 11) is 0. The maximum absolute atomic E-state index is 14.0. The van der Waals surface area contributed by atoms with Crippen molar-refractivity contribution in [1.82, 2.24) is 9.55 Å². The molecule has 2 heterocycles. The quantitative estimate of drug-likeness (QED) is 0.219. The molecule has 0 aliphatic carbocycles. The second-order valence-electron chi connectivity index (χ2n) is 9.27. The number of anilines is 1. The Kier molecular flexibility index (Phi) is 14.7. The van der Waals surface area contributed by atoms with Crippen molar-refractivity contribution in [3.05, 3.63) is 95.7 Å². The first-order valence-electron chi connectivity index (χ1n) is 13.7. The molecule has 0 spiro atoms. The summed E-state index contributed by atoms with van der Waals surface area (Å²) >= 11 is 0. The van der Waals surface area contributed by atoms with Crippen LogP contribution in [0.15, 0.2) is 90.0 Å². The summed E-state index contributed by atoms with van der Waals surface area (Å²) in [6, 6.07) is 1.32. The number of aromatic nitrogens is 2. The van der Waals surface area contributed by atoms with Gasteiger partial charge in [0.25, 0.3) is 5.92 Å². The van der Waals surface area contributed by atoms with Crippen LogP contribution >= 0.6 is 0 Å². The molecule has 1 aromatic heterocycles. The van der Waals surface area contributed by atoms with Crippen LogP contribution in [0.3, 0.4) is 0 Å². The molecule has 1 aromatic rings. The van der Waals surface area contributed by atoms with E-state index < -0.39 is 30.4 Å². The van der Waals surface area contributed by atoms with E-state index in [1.165, 1.54) is 19.2 Å². The third-order valence-corrected chi connectivity index (χ3v) is 5.77. The summed E-state index contributed by atoms with van der Waals surface area (Å²) in [5.41, 5.74) is -0.900. The number of allylic oxidation sites excluding steroid dienone is 12. The molecule has 212 valence electrons. The molecule has 1 aliphatic rings. The summed E-state index contributed by atoms with van der Waals surface area (Å²) in [5, 5.41) is 2.53. The standard InChI is InChI=1S/C31H41F2N3O3/c1-3-4-5-6-7-8-9-10-11-12-13-14-15-16-17-18-19-20-21-22-28(37)34-27-23-24-36(30(38)35-27)29-31(32,33)25-26(2)39-29/h4-5,7-8,10-11,13-14,16-17,19-20,23-24,26,29H,3,6,9,12,15,18,21-22,25H2,1-2H3,(H,34,35,37,38)/b5-4-,8-7-,11-10-,14-13-,17-16-,20-19-. The highest BCUT2D eigenvalue weighted by Gasteiger charge is 2.50. The maximum atomic E-state index is 14.0. The zero-order chi connectivity index (χ0) is 28.3. The molecular weight excluding hydrogens is 500 g/mol. The Hall–Kier alpha value is -3.39. The van der Waals surface area contributed by atoms with E-state index in [-0.39, 0.29) is 18.1 Å². The van der Waals surface area contributed by atoms with Gasteiger partial charge < -0.3 is 10.1 Å². The third kappa shape index (κ3) is 12.8. The highest BCUT2D eigenvalue weighted by atomic mass is 19.3. The van der Waals surface area contributed by atoms with Gasteiger partial charge in [-0.15, -0.1) is 0 Å². The molecular formula is C31H41F2N3O3. The van der Waals surface area contributed by atoms with E-state index in [4.69, 9.17) is 4.74 Å². The van der Waals surface area contributed by atoms with Crippen molar-refractivity contribution < 1.29 is 18.3 Å². The number of carbonyl (C=O) groups excluding carboxylic acids is 1. The minimum absolute atomic E-state index is 0.0263. The monoisotopic (exact) mass is 541 g/mol. The maximum Gasteiger partial charge on any atom is 0.351 e. The number of halogens is 2. The molecule has 1 aliphatic heterocycles. The summed E-state index contributed by atoms with van der Waals surface area (Å²) in [6.45, 7) is 3.66. The van der Waals surface area contributed by atoms with Crippen molar-refractivity contribution >= 4 is 11.7 Å². The first-order chi connectivity index (χ1) is 18.8. The number of nitrogens with one attached hydrogen (secondary N) is 1. The number of rotatable bonds is 16. The zero-order valence-corrected chi connectivity index (χ0v) is 23.0. The Labute approximate surface area is 230 Å². The Morgan fingerprint density at radius 3 is 1.95 bits per heavy atom. The minimum Gasteiger partial charge on any atom is -0.348 e. The van der Waals surface area contributed by atoms with Crippen molar-refractivity contribution in [2.45, 2.75) is 89.9 Å². The van der Waals surface area contributed by atoms with Gasteiger partial charge in [-0.05, 0) is 57.9 Å². The van der Waals surface area contributed by atoms with Crippen molar-refractivity contribution in [2.24, 2.45) is 0 Å². The Balaban J connectivity index is 1.57. The smallest absolute Gasteiger partial charge is 0.348 e.